The standard InChI is InChI=1S/C25H15NO5/c1-31-25(30)20-18-14-9-5-6-10-15(14)23(28)16-11-12-17(21(19(16)18)26-24(20)29)22(27)13-7-3-2-4-8-13/h2-12,27H,1H3/b22-17-. The summed E-state index contributed by atoms with van der Waals surface area (Å²) in [7, 11) is 1.19. The second-order valence-corrected chi connectivity index (χ2v) is 7.13. The second kappa shape index (κ2) is 6.88. The Labute approximate surface area is 175 Å². The highest BCUT2D eigenvalue weighted by molar-refractivity contribution is 6.16. The number of carbonyl (C=O) groups excluding carboxylic acids is 1. The van der Waals surface area contributed by atoms with Crippen LogP contribution in [0.2, 0.25) is 0 Å². The van der Waals surface area contributed by atoms with E-state index in [1.54, 1.807) is 60.7 Å². The fourth-order valence-electron chi connectivity index (χ4n) is 4.09. The molecule has 1 N–H and O–H groups in total. The number of aliphatic hydroxyl groups is 1. The minimum absolute atomic E-state index is 0.0814. The monoisotopic (exact) mass is 409 g/mol. The van der Waals surface area contributed by atoms with Crippen molar-refractivity contribution in [1.82, 2.24) is 4.98 Å². The fourth-order valence-corrected chi connectivity index (χ4v) is 4.09. The third-order valence-corrected chi connectivity index (χ3v) is 5.48. The summed E-state index contributed by atoms with van der Waals surface area (Å²) in [5.41, 5.74) is 0.0985. The van der Waals surface area contributed by atoms with Crippen molar-refractivity contribution in [3.63, 3.8) is 0 Å². The van der Waals surface area contributed by atoms with E-state index in [1.807, 2.05) is 6.07 Å². The lowest BCUT2D eigenvalue weighted by Gasteiger charge is -2.17. The molecule has 0 amide bonds. The molecule has 0 unspecified atom stereocenters. The van der Waals surface area contributed by atoms with Gasteiger partial charge < -0.3 is 9.84 Å². The zero-order valence-electron chi connectivity index (χ0n) is 16.4. The number of rotatable bonds is 2. The summed E-state index contributed by atoms with van der Waals surface area (Å²) < 4.78 is 4.84. The molecule has 0 bridgehead atoms. The molecule has 3 aromatic carbocycles. The zero-order valence-corrected chi connectivity index (χ0v) is 16.4. The first-order valence-electron chi connectivity index (χ1n) is 9.54. The summed E-state index contributed by atoms with van der Waals surface area (Å²) in [6, 6.07) is 18.8. The zero-order chi connectivity index (χ0) is 21.7. The SMILES string of the molecule is COC(=O)c1c2c3ccccc3c(=O)c3cc/c(=C(/O)c4ccccc4)c(nc1=O)c3-2. The van der Waals surface area contributed by atoms with Crippen LogP contribution in [0.4, 0.5) is 0 Å². The smallest absolute Gasteiger partial charge is 0.344 e. The normalized spacial score (nSPS) is 12.4. The van der Waals surface area contributed by atoms with Gasteiger partial charge in [-0.2, -0.15) is 0 Å². The summed E-state index contributed by atoms with van der Waals surface area (Å²) in [5.74, 6) is -0.909. The molecule has 6 heteroatoms. The molecule has 3 aromatic rings. The van der Waals surface area contributed by atoms with E-state index in [1.165, 1.54) is 7.11 Å². The highest BCUT2D eigenvalue weighted by Crippen LogP contribution is 2.36. The van der Waals surface area contributed by atoms with Gasteiger partial charge in [0.15, 0.2) is 5.43 Å². The Balaban J connectivity index is 2.10. The van der Waals surface area contributed by atoms with Crippen LogP contribution in [0.1, 0.15) is 15.9 Å². The van der Waals surface area contributed by atoms with Crippen molar-refractivity contribution < 1.29 is 14.6 Å². The summed E-state index contributed by atoms with van der Waals surface area (Å²) in [5, 5.41) is 12.4. The van der Waals surface area contributed by atoms with Gasteiger partial charge in [-0.3, -0.25) is 9.59 Å². The second-order valence-electron chi connectivity index (χ2n) is 7.13. The van der Waals surface area contributed by atoms with E-state index in [2.05, 4.69) is 4.98 Å². The van der Waals surface area contributed by atoms with Gasteiger partial charge in [-0.15, -0.1) is 0 Å². The lowest BCUT2D eigenvalue weighted by atomic mass is 9.87. The molecule has 1 aliphatic carbocycles. The van der Waals surface area contributed by atoms with Crippen LogP contribution in [0.25, 0.3) is 38.6 Å². The lowest BCUT2D eigenvalue weighted by Crippen LogP contribution is -2.26. The van der Waals surface area contributed by atoms with E-state index in [-0.39, 0.29) is 22.3 Å². The molecule has 0 atom stereocenters. The summed E-state index contributed by atoms with van der Waals surface area (Å²) in [6.45, 7) is 0. The van der Waals surface area contributed by atoms with Gasteiger partial charge in [0.25, 0.3) is 5.56 Å². The van der Waals surface area contributed by atoms with E-state index in [4.69, 9.17) is 4.74 Å². The van der Waals surface area contributed by atoms with E-state index in [0.29, 0.717) is 38.1 Å². The van der Waals surface area contributed by atoms with Gasteiger partial charge in [-0.25, -0.2) is 9.78 Å². The van der Waals surface area contributed by atoms with E-state index >= 15 is 0 Å². The average Bonchev–Trinajstić information content (AvgIpc) is 2.81. The molecule has 1 aliphatic heterocycles. The molecule has 6 nitrogen and oxygen atoms in total. The molecule has 2 aliphatic rings. The molecule has 31 heavy (non-hydrogen) atoms. The third-order valence-electron chi connectivity index (χ3n) is 5.48. The van der Waals surface area contributed by atoms with E-state index in [9.17, 15) is 19.5 Å². The maximum absolute atomic E-state index is 13.2. The number of methoxy groups -OCH3 is 1. The van der Waals surface area contributed by atoms with Crippen molar-refractivity contribution in [1.29, 1.82) is 0 Å². The highest BCUT2D eigenvalue weighted by atomic mass is 16.5. The molecule has 0 aromatic heterocycles. The summed E-state index contributed by atoms with van der Waals surface area (Å²) >= 11 is 0. The Morgan fingerprint density at radius 2 is 1.52 bits per heavy atom. The van der Waals surface area contributed by atoms with Crippen LogP contribution < -0.4 is 16.2 Å². The van der Waals surface area contributed by atoms with Crippen LogP contribution in [-0.2, 0) is 4.74 Å². The summed E-state index contributed by atoms with van der Waals surface area (Å²) in [4.78, 5) is 42.8. The van der Waals surface area contributed by atoms with Gasteiger partial charge in [0, 0.05) is 32.7 Å². The van der Waals surface area contributed by atoms with E-state index in [0.717, 1.165) is 0 Å². The Kier molecular flexibility index (Phi) is 4.15. The number of hydrogen-bond acceptors (Lipinski definition) is 6. The maximum Gasteiger partial charge on any atom is 0.344 e. The number of ether oxygens (including phenoxy) is 1. The first-order valence-corrected chi connectivity index (χ1v) is 9.54. The van der Waals surface area contributed by atoms with Crippen molar-refractivity contribution in [3.05, 3.63) is 104 Å². The molecule has 0 saturated heterocycles. The minimum Gasteiger partial charge on any atom is -0.507 e. The summed E-state index contributed by atoms with van der Waals surface area (Å²) in [6.07, 6.45) is 0. The van der Waals surface area contributed by atoms with Crippen LogP contribution in [0, 0.1) is 0 Å². The van der Waals surface area contributed by atoms with Gasteiger partial charge in [0.05, 0.1) is 12.6 Å². The maximum atomic E-state index is 13.2. The molecular weight excluding hydrogens is 394 g/mol. The highest BCUT2D eigenvalue weighted by Gasteiger charge is 2.28. The molecule has 1 heterocycles. The van der Waals surface area contributed by atoms with Crippen molar-refractivity contribution >= 4 is 33.4 Å². The molecular formula is C25H15NO5. The number of fused-ring (bicyclic) bond motifs is 2. The van der Waals surface area contributed by atoms with Crippen LogP contribution >= 0.6 is 0 Å². The molecule has 0 spiro atoms. The van der Waals surface area contributed by atoms with Crippen LogP contribution in [0.5, 0.6) is 0 Å². The van der Waals surface area contributed by atoms with Crippen molar-refractivity contribution in [2.75, 3.05) is 7.11 Å². The number of pyridine rings is 1. The Hall–Kier alpha value is -4.32. The molecule has 0 radical (unpaired) electrons. The Morgan fingerprint density at radius 3 is 2.23 bits per heavy atom. The molecule has 0 saturated carbocycles. The van der Waals surface area contributed by atoms with Crippen LogP contribution in [0.15, 0.2) is 76.3 Å². The van der Waals surface area contributed by atoms with Crippen molar-refractivity contribution in [3.8, 4) is 11.1 Å². The molecule has 150 valence electrons. The number of aliphatic hydroxyl groups excluding tert-OH is 1. The molecule has 5 rings (SSSR count). The molecule has 0 fully saturated rings. The number of esters is 1. The predicted octanol–water partition coefficient (Wildman–Crippen LogP) is 2.87. The Morgan fingerprint density at radius 1 is 0.839 bits per heavy atom. The van der Waals surface area contributed by atoms with Gasteiger partial charge >= 0.3 is 5.97 Å². The number of benzene rings is 4. The van der Waals surface area contributed by atoms with Crippen LogP contribution in [-0.4, -0.2) is 23.2 Å². The minimum atomic E-state index is -0.828. The largest absolute Gasteiger partial charge is 0.507 e. The van der Waals surface area contributed by atoms with Gasteiger partial charge in [-0.05, 0) is 17.5 Å². The van der Waals surface area contributed by atoms with Crippen molar-refractivity contribution in [2.24, 2.45) is 0 Å². The number of carbonyl (C=O) groups is 1. The number of hydrogen-bond donors (Lipinski definition) is 1. The quantitative estimate of drug-likeness (QED) is 0.274. The third kappa shape index (κ3) is 2.65. The topological polar surface area (TPSA) is 93.6 Å². The van der Waals surface area contributed by atoms with Crippen LogP contribution in [0.3, 0.4) is 0 Å². The van der Waals surface area contributed by atoms with Gasteiger partial charge in [-0.1, -0.05) is 54.6 Å². The lowest BCUT2D eigenvalue weighted by molar-refractivity contribution is 0.0600. The average molecular weight is 409 g/mol. The number of aromatic nitrogens is 1. The Bertz CT molecular complexity index is 1630. The first-order chi connectivity index (χ1) is 15.0. The van der Waals surface area contributed by atoms with Gasteiger partial charge in [0.1, 0.15) is 11.3 Å². The first kappa shape index (κ1) is 18.7. The number of nitrogens with zero attached hydrogens (tertiary/aromatic N) is 1. The van der Waals surface area contributed by atoms with E-state index < -0.39 is 11.5 Å². The van der Waals surface area contributed by atoms with Crippen molar-refractivity contribution in [2.45, 2.75) is 0 Å². The fraction of sp³-hybridized carbons (Fsp3) is 0.0400. The predicted molar refractivity (Wildman–Crippen MR) is 118 cm³/mol. The van der Waals surface area contributed by atoms with Gasteiger partial charge in [0.2, 0.25) is 0 Å².